The second-order valence-electron chi connectivity index (χ2n) is 9.04. The van der Waals surface area contributed by atoms with Gasteiger partial charge in [-0.1, -0.05) is 0 Å². The van der Waals surface area contributed by atoms with Gasteiger partial charge in [0, 0.05) is 65.4 Å². The van der Waals surface area contributed by atoms with Crippen molar-refractivity contribution >= 4 is 35.8 Å². The summed E-state index contributed by atoms with van der Waals surface area (Å²) in [7, 11) is 1.89. The Bertz CT molecular complexity index is 570. The molecule has 7 nitrogen and oxygen atoms in total. The molecule has 4 fully saturated rings. The van der Waals surface area contributed by atoms with Gasteiger partial charge >= 0.3 is 0 Å². The van der Waals surface area contributed by atoms with Gasteiger partial charge in [-0.25, -0.2) is 0 Å². The molecule has 3 saturated heterocycles. The highest BCUT2D eigenvalue weighted by molar-refractivity contribution is 14.0. The number of nitrogens with one attached hydrogen (secondary N) is 1. The standard InChI is InChI=1S/C21H38N6O.HI/c1-17(20(28)25-8-3-4-9-25)24-11-13-26(14-12-24)21(22-2)23-15-18-7-10-27(16-18)19-5-6-19;/h17-19H,3-16H2,1-2H3,(H,22,23);1H. The van der Waals surface area contributed by atoms with Gasteiger partial charge < -0.3 is 20.0 Å². The number of carbonyl (C=O) groups is 1. The van der Waals surface area contributed by atoms with Gasteiger partial charge in [0.15, 0.2) is 5.96 Å². The fourth-order valence-corrected chi connectivity index (χ4v) is 5.05. The Labute approximate surface area is 193 Å². The first kappa shape index (κ1) is 23.1. The van der Waals surface area contributed by atoms with E-state index < -0.39 is 0 Å². The Morgan fingerprint density at radius 2 is 1.69 bits per heavy atom. The molecule has 0 aromatic heterocycles. The van der Waals surface area contributed by atoms with Crippen molar-refractivity contribution in [3.63, 3.8) is 0 Å². The van der Waals surface area contributed by atoms with Crippen LogP contribution in [0.25, 0.3) is 0 Å². The topological polar surface area (TPSA) is 54.4 Å². The molecule has 166 valence electrons. The quantitative estimate of drug-likeness (QED) is 0.338. The average Bonchev–Trinajstić information content (AvgIpc) is 3.23. The van der Waals surface area contributed by atoms with E-state index in [1.54, 1.807) is 0 Å². The van der Waals surface area contributed by atoms with Crippen LogP contribution >= 0.6 is 24.0 Å². The molecule has 0 bridgehead atoms. The number of likely N-dealkylation sites (tertiary alicyclic amines) is 2. The fraction of sp³-hybridized carbons (Fsp3) is 0.905. The number of hydrogen-bond acceptors (Lipinski definition) is 4. The summed E-state index contributed by atoms with van der Waals surface area (Å²) in [4.78, 5) is 26.6. The maximum atomic E-state index is 12.7. The zero-order valence-corrected chi connectivity index (χ0v) is 20.5. The number of piperazine rings is 1. The fourth-order valence-electron chi connectivity index (χ4n) is 5.05. The van der Waals surface area contributed by atoms with Crippen molar-refractivity contribution in [2.45, 2.75) is 51.1 Å². The van der Waals surface area contributed by atoms with Gasteiger partial charge in [-0.3, -0.25) is 14.7 Å². The molecule has 1 N–H and O–H groups in total. The summed E-state index contributed by atoms with van der Waals surface area (Å²) in [5, 5.41) is 3.63. The molecule has 1 amide bonds. The highest BCUT2D eigenvalue weighted by Gasteiger charge is 2.35. The molecule has 4 rings (SSSR count). The van der Waals surface area contributed by atoms with Gasteiger partial charge in [-0.05, 0) is 51.5 Å². The number of halogens is 1. The summed E-state index contributed by atoms with van der Waals surface area (Å²) in [5.74, 6) is 2.09. The summed E-state index contributed by atoms with van der Waals surface area (Å²) in [6.45, 7) is 11.3. The lowest BCUT2D eigenvalue weighted by molar-refractivity contribution is -0.135. The third-order valence-corrected chi connectivity index (χ3v) is 7.08. The molecular formula is C21H39IN6O. The van der Waals surface area contributed by atoms with Crippen LogP contribution in [0.1, 0.15) is 39.0 Å². The van der Waals surface area contributed by atoms with Crippen LogP contribution in [-0.2, 0) is 4.79 Å². The van der Waals surface area contributed by atoms with Crippen LogP contribution in [-0.4, -0.2) is 110 Å². The maximum absolute atomic E-state index is 12.7. The van der Waals surface area contributed by atoms with Gasteiger partial charge in [0.1, 0.15) is 0 Å². The van der Waals surface area contributed by atoms with Crippen molar-refractivity contribution in [3.05, 3.63) is 0 Å². The van der Waals surface area contributed by atoms with Crippen LogP contribution in [0.3, 0.4) is 0 Å². The molecule has 0 spiro atoms. The van der Waals surface area contributed by atoms with Gasteiger partial charge in [0.2, 0.25) is 5.91 Å². The molecule has 2 atom stereocenters. The minimum Gasteiger partial charge on any atom is -0.356 e. The first-order valence-electron chi connectivity index (χ1n) is 11.4. The molecule has 29 heavy (non-hydrogen) atoms. The smallest absolute Gasteiger partial charge is 0.239 e. The number of hydrogen-bond donors (Lipinski definition) is 1. The Kier molecular flexibility index (Phi) is 8.44. The lowest BCUT2D eigenvalue weighted by Crippen LogP contribution is -2.57. The molecule has 0 aromatic rings. The van der Waals surface area contributed by atoms with Crippen molar-refractivity contribution in [3.8, 4) is 0 Å². The molecule has 8 heteroatoms. The monoisotopic (exact) mass is 518 g/mol. The van der Waals surface area contributed by atoms with Crippen molar-refractivity contribution in [2.75, 3.05) is 66.0 Å². The van der Waals surface area contributed by atoms with Gasteiger partial charge in [0.05, 0.1) is 6.04 Å². The Balaban J connectivity index is 0.00000240. The highest BCUT2D eigenvalue weighted by Crippen LogP contribution is 2.31. The van der Waals surface area contributed by atoms with E-state index in [0.29, 0.717) is 5.91 Å². The highest BCUT2D eigenvalue weighted by atomic mass is 127. The zero-order chi connectivity index (χ0) is 19.5. The summed E-state index contributed by atoms with van der Waals surface area (Å²) in [6.07, 6.45) is 6.45. The SMILES string of the molecule is CN=C(NCC1CCN(C2CC2)C1)N1CCN(C(C)C(=O)N2CCCC2)CC1.I. The number of guanidine groups is 1. The second-order valence-corrected chi connectivity index (χ2v) is 9.04. The van der Waals surface area contributed by atoms with Crippen molar-refractivity contribution < 1.29 is 4.79 Å². The number of carbonyl (C=O) groups excluding carboxylic acids is 1. The van der Waals surface area contributed by atoms with E-state index in [0.717, 1.165) is 76.6 Å². The lowest BCUT2D eigenvalue weighted by Gasteiger charge is -2.39. The Morgan fingerprint density at radius 1 is 1.00 bits per heavy atom. The minimum atomic E-state index is 0. The summed E-state index contributed by atoms with van der Waals surface area (Å²) in [5.41, 5.74) is 0. The van der Waals surface area contributed by atoms with Gasteiger partial charge in [-0.15, -0.1) is 24.0 Å². The number of amides is 1. The lowest BCUT2D eigenvalue weighted by atomic mass is 10.1. The molecule has 3 heterocycles. The molecular weight excluding hydrogens is 479 g/mol. The van der Waals surface area contributed by atoms with E-state index in [4.69, 9.17) is 0 Å². The van der Waals surface area contributed by atoms with E-state index in [-0.39, 0.29) is 30.0 Å². The first-order valence-corrected chi connectivity index (χ1v) is 11.4. The van der Waals surface area contributed by atoms with Crippen LogP contribution in [0.5, 0.6) is 0 Å². The number of rotatable bonds is 5. The van der Waals surface area contributed by atoms with Crippen molar-refractivity contribution in [1.29, 1.82) is 0 Å². The Hall–Kier alpha value is -0.610. The van der Waals surface area contributed by atoms with Crippen molar-refractivity contribution in [1.82, 2.24) is 24.9 Å². The van der Waals surface area contributed by atoms with Crippen LogP contribution in [0.15, 0.2) is 4.99 Å². The largest absolute Gasteiger partial charge is 0.356 e. The Morgan fingerprint density at radius 3 is 2.31 bits per heavy atom. The molecule has 1 saturated carbocycles. The minimum absolute atomic E-state index is 0. The molecule has 0 aromatic carbocycles. The summed E-state index contributed by atoms with van der Waals surface area (Å²) >= 11 is 0. The average molecular weight is 518 g/mol. The molecule has 0 radical (unpaired) electrons. The third kappa shape index (κ3) is 5.76. The number of aliphatic imine (C=N–C) groups is 1. The third-order valence-electron chi connectivity index (χ3n) is 7.08. The van der Waals surface area contributed by atoms with E-state index in [1.165, 1.54) is 32.4 Å². The summed E-state index contributed by atoms with van der Waals surface area (Å²) in [6, 6.07) is 0.893. The normalized spacial score (nSPS) is 27.8. The molecule has 1 aliphatic carbocycles. The summed E-state index contributed by atoms with van der Waals surface area (Å²) < 4.78 is 0. The maximum Gasteiger partial charge on any atom is 0.239 e. The van der Waals surface area contributed by atoms with E-state index in [1.807, 2.05) is 11.9 Å². The van der Waals surface area contributed by atoms with E-state index in [2.05, 4.69) is 31.9 Å². The molecule has 2 unspecified atom stereocenters. The molecule has 3 aliphatic heterocycles. The predicted molar refractivity (Wildman–Crippen MR) is 128 cm³/mol. The van der Waals surface area contributed by atoms with Crippen molar-refractivity contribution in [2.24, 2.45) is 10.9 Å². The van der Waals surface area contributed by atoms with Crippen LogP contribution < -0.4 is 5.32 Å². The van der Waals surface area contributed by atoms with E-state index in [9.17, 15) is 4.79 Å². The van der Waals surface area contributed by atoms with Crippen LogP contribution in [0.2, 0.25) is 0 Å². The second kappa shape index (κ2) is 10.6. The number of nitrogens with zero attached hydrogens (tertiary/aromatic N) is 5. The zero-order valence-electron chi connectivity index (χ0n) is 18.2. The first-order chi connectivity index (χ1) is 13.7. The van der Waals surface area contributed by atoms with E-state index >= 15 is 0 Å². The van der Waals surface area contributed by atoms with Crippen LogP contribution in [0, 0.1) is 5.92 Å². The molecule has 4 aliphatic rings. The van der Waals surface area contributed by atoms with Gasteiger partial charge in [0.25, 0.3) is 0 Å². The van der Waals surface area contributed by atoms with Gasteiger partial charge in [-0.2, -0.15) is 0 Å². The predicted octanol–water partition coefficient (Wildman–Crippen LogP) is 1.29. The van der Waals surface area contributed by atoms with Crippen LogP contribution in [0.4, 0.5) is 0 Å².